The van der Waals surface area contributed by atoms with Gasteiger partial charge in [-0.15, -0.1) is 0 Å². The molecule has 0 heterocycles. The van der Waals surface area contributed by atoms with Crippen molar-refractivity contribution in [1.82, 2.24) is 0 Å². The van der Waals surface area contributed by atoms with Gasteiger partial charge in [0, 0.05) is 0 Å². The summed E-state index contributed by atoms with van der Waals surface area (Å²) in [5.41, 5.74) is 10.5. The summed E-state index contributed by atoms with van der Waals surface area (Å²) < 4.78 is 0. The molecule has 0 saturated carbocycles. The standard InChI is InChI=1S/C14H31N2.Na.H/c1-3-4-5-6-7-8-9-10-11-12-13-14(2,15)16;;/h2-13,15-16H2,1H3;;. The Bertz CT molecular complexity index is 144. The van der Waals surface area contributed by atoms with E-state index < -0.39 is 5.66 Å². The summed E-state index contributed by atoms with van der Waals surface area (Å²) in [6, 6.07) is 0. The van der Waals surface area contributed by atoms with Gasteiger partial charge in [-0.1, -0.05) is 71.1 Å². The predicted octanol–water partition coefficient (Wildman–Crippen LogP) is 3.10. The first-order valence-corrected chi connectivity index (χ1v) is 6.99. The first-order valence-electron chi connectivity index (χ1n) is 6.99. The Morgan fingerprint density at radius 2 is 1.12 bits per heavy atom. The van der Waals surface area contributed by atoms with Crippen LogP contribution in [0.1, 0.15) is 77.6 Å². The van der Waals surface area contributed by atoms with Crippen molar-refractivity contribution in [2.24, 2.45) is 11.5 Å². The Labute approximate surface area is 131 Å². The number of nitrogens with two attached hydrogens (primary N) is 2. The number of hydrogen-bond acceptors (Lipinski definition) is 2. The van der Waals surface area contributed by atoms with Gasteiger partial charge in [0.15, 0.2) is 0 Å². The summed E-state index contributed by atoms with van der Waals surface area (Å²) in [5, 5.41) is 0. The fourth-order valence-corrected chi connectivity index (χ4v) is 1.94. The fraction of sp³-hybridized carbons (Fsp3) is 0.929. The van der Waals surface area contributed by atoms with E-state index in [0.717, 1.165) is 12.8 Å². The van der Waals surface area contributed by atoms with E-state index in [-0.39, 0.29) is 29.6 Å². The van der Waals surface area contributed by atoms with Crippen molar-refractivity contribution in [1.29, 1.82) is 0 Å². The molecule has 0 amide bonds. The van der Waals surface area contributed by atoms with Crippen LogP contribution in [-0.4, -0.2) is 35.2 Å². The molecule has 0 aromatic rings. The first-order chi connectivity index (χ1) is 7.56. The van der Waals surface area contributed by atoms with Gasteiger partial charge < -0.3 is 11.5 Å². The number of rotatable bonds is 11. The van der Waals surface area contributed by atoms with Crippen molar-refractivity contribution >= 4 is 29.6 Å². The SMILES string of the molecule is [CH2]C(N)(N)CCCCCCCCCCCC.[NaH]. The molecule has 3 heteroatoms. The molecule has 0 unspecified atom stereocenters. The van der Waals surface area contributed by atoms with E-state index in [0.29, 0.717) is 0 Å². The van der Waals surface area contributed by atoms with Crippen LogP contribution in [0.15, 0.2) is 0 Å². The van der Waals surface area contributed by atoms with Gasteiger partial charge in [0.2, 0.25) is 0 Å². The summed E-state index contributed by atoms with van der Waals surface area (Å²) in [6.07, 6.45) is 14.3. The average molecular weight is 251 g/mol. The third kappa shape index (κ3) is 19.4. The van der Waals surface area contributed by atoms with Gasteiger partial charge in [0.05, 0.1) is 5.66 Å². The van der Waals surface area contributed by atoms with Crippen molar-refractivity contribution < 1.29 is 0 Å². The fourth-order valence-electron chi connectivity index (χ4n) is 1.94. The van der Waals surface area contributed by atoms with E-state index in [2.05, 4.69) is 13.8 Å². The maximum absolute atomic E-state index is 5.61. The van der Waals surface area contributed by atoms with Gasteiger partial charge in [-0.25, -0.2) is 0 Å². The minimum atomic E-state index is -0.708. The van der Waals surface area contributed by atoms with Gasteiger partial charge in [0.1, 0.15) is 0 Å². The second kappa shape index (κ2) is 13.4. The van der Waals surface area contributed by atoms with E-state index in [4.69, 9.17) is 11.5 Å². The van der Waals surface area contributed by atoms with E-state index >= 15 is 0 Å². The molecule has 0 aliphatic rings. The quantitative estimate of drug-likeness (QED) is 0.337. The summed E-state index contributed by atoms with van der Waals surface area (Å²) in [6.45, 7) is 5.96. The molecule has 2 nitrogen and oxygen atoms in total. The van der Waals surface area contributed by atoms with Crippen LogP contribution in [0.25, 0.3) is 0 Å². The minimum absolute atomic E-state index is 0. The van der Waals surface area contributed by atoms with E-state index in [9.17, 15) is 0 Å². The zero-order valence-corrected chi connectivity index (χ0v) is 11.1. The molecular formula is C14H32N2Na. The van der Waals surface area contributed by atoms with E-state index in [1.165, 1.54) is 57.8 Å². The first kappa shape index (κ1) is 20.2. The molecule has 0 bridgehead atoms. The molecule has 4 N–H and O–H groups in total. The summed E-state index contributed by atoms with van der Waals surface area (Å²) >= 11 is 0. The van der Waals surface area contributed by atoms with E-state index in [1.807, 2.05) is 0 Å². The predicted molar refractivity (Wildman–Crippen MR) is 80.1 cm³/mol. The maximum atomic E-state index is 5.61. The Balaban J connectivity index is 0. The molecule has 17 heavy (non-hydrogen) atoms. The van der Waals surface area contributed by atoms with Crippen LogP contribution in [-0.2, 0) is 0 Å². The van der Waals surface area contributed by atoms with Crippen molar-refractivity contribution in [2.75, 3.05) is 0 Å². The Kier molecular flexibility index (Phi) is 15.9. The van der Waals surface area contributed by atoms with Crippen LogP contribution in [0.4, 0.5) is 0 Å². The van der Waals surface area contributed by atoms with Crippen LogP contribution in [0, 0.1) is 6.92 Å². The van der Waals surface area contributed by atoms with Crippen molar-refractivity contribution in [2.45, 2.75) is 83.2 Å². The summed E-state index contributed by atoms with van der Waals surface area (Å²) in [5.74, 6) is 0. The van der Waals surface area contributed by atoms with Gasteiger partial charge in [-0.05, 0) is 13.3 Å². The molecule has 0 aliphatic carbocycles. The second-order valence-electron chi connectivity index (χ2n) is 5.17. The van der Waals surface area contributed by atoms with Crippen LogP contribution in [0.3, 0.4) is 0 Å². The Morgan fingerprint density at radius 3 is 1.47 bits per heavy atom. The molecule has 0 spiro atoms. The van der Waals surface area contributed by atoms with Crippen molar-refractivity contribution in [3.8, 4) is 0 Å². The summed E-state index contributed by atoms with van der Waals surface area (Å²) in [4.78, 5) is 0. The van der Waals surface area contributed by atoms with Crippen molar-refractivity contribution in [3.05, 3.63) is 6.92 Å². The Hall–Kier alpha value is 0.920. The summed E-state index contributed by atoms with van der Waals surface area (Å²) in [7, 11) is 0. The second-order valence-corrected chi connectivity index (χ2v) is 5.17. The molecule has 0 fully saturated rings. The molecule has 1 radical (unpaired) electrons. The topological polar surface area (TPSA) is 52.0 Å². The van der Waals surface area contributed by atoms with Gasteiger partial charge in [-0.2, -0.15) is 0 Å². The molecule has 0 aliphatic heterocycles. The third-order valence-corrected chi connectivity index (χ3v) is 3.00. The average Bonchev–Trinajstić information content (AvgIpc) is 2.19. The molecule has 0 aromatic carbocycles. The normalized spacial score (nSPS) is 11.3. The zero-order valence-electron chi connectivity index (χ0n) is 11.1. The molecule has 99 valence electrons. The molecular weight excluding hydrogens is 219 g/mol. The molecule has 0 rings (SSSR count). The molecule has 0 saturated heterocycles. The van der Waals surface area contributed by atoms with Crippen molar-refractivity contribution in [3.63, 3.8) is 0 Å². The number of hydrogen-bond donors (Lipinski definition) is 2. The van der Waals surface area contributed by atoms with E-state index in [1.54, 1.807) is 0 Å². The monoisotopic (exact) mass is 251 g/mol. The van der Waals surface area contributed by atoms with Gasteiger partial charge in [-0.3, -0.25) is 0 Å². The zero-order chi connectivity index (χ0) is 12.3. The van der Waals surface area contributed by atoms with Crippen LogP contribution in [0.2, 0.25) is 0 Å². The van der Waals surface area contributed by atoms with Crippen LogP contribution in [0.5, 0.6) is 0 Å². The third-order valence-electron chi connectivity index (χ3n) is 3.00. The van der Waals surface area contributed by atoms with Crippen LogP contribution < -0.4 is 11.5 Å². The number of unbranched alkanes of at least 4 members (excludes halogenated alkanes) is 9. The molecule has 0 aromatic heterocycles. The van der Waals surface area contributed by atoms with Crippen LogP contribution >= 0.6 is 0 Å². The van der Waals surface area contributed by atoms with Gasteiger partial charge >= 0.3 is 29.6 Å². The molecule has 0 atom stereocenters. The Morgan fingerprint density at radius 1 is 0.765 bits per heavy atom. The van der Waals surface area contributed by atoms with Gasteiger partial charge in [0.25, 0.3) is 0 Å².